The lowest BCUT2D eigenvalue weighted by atomic mass is 10.2. The van der Waals surface area contributed by atoms with Gasteiger partial charge in [0.05, 0.1) is 11.1 Å². The van der Waals surface area contributed by atoms with E-state index in [-0.39, 0.29) is 11.4 Å². The molecule has 8 heteroatoms. The first-order valence-corrected chi connectivity index (χ1v) is 7.54. The van der Waals surface area contributed by atoms with E-state index in [1.807, 2.05) is 6.07 Å². The van der Waals surface area contributed by atoms with Crippen LogP contribution in [0, 0.1) is 6.92 Å². The van der Waals surface area contributed by atoms with Crippen molar-refractivity contribution in [3.8, 4) is 0 Å². The number of nitrogens with one attached hydrogen (secondary N) is 2. The quantitative estimate of drug-likeness (QED) is 0.769. The van der Waals surface area contributed by atoms with Crippen LogP contribution in [-0.4, -0.2) is 24.5 Å². The van der Waals surface area contributed by atoms with E-state index in [1.54, 1.807) is 31.2 Å². The minimum Gasteiger partial charge on any atom is -0.364 e. The number of sulfonamides is 1. The molecule has 0 saturated heterocycles. The Morgan fingerprint density at radius 2 is 2.00 bits per heavy atom. The summed E-state index contributed by atoms with van der Waals surface area (Å²) >= 11 is 0. The zero-order valence-electron chi connectivity index (χ0n) is 11.2. The van der Waals surface area contributed by atoms with Gasteiger partial charge in [-0.05, 0) is 18.6 Å². The minimum atomic E-state index is -3.78. The molecule has 2 aromatic rings. The molecule has 0 bridgehead atoms. The zero-order chi connectivity index (χ0) is 15.5. The molecule has 1 amide bonds. The van der Waals surface area contributed by atoms with Gasteiger partial charge in [0.15, 0.2) is 5.69 Å². The molecule has 2 rings (SSSR count). The molecule has 110 valence electrons. The molecule has 0 atom stereocenters. The molecule has 0 saturated carbocycles. The van der Waals surface area contributed by atoms with Crippen molar-refractivity contribution >= 4 is 27.7 Å². The smallest absolute Gasteiger partial charge is 0.271 e. The van der Waals surface area contributed by atoms with Crippen LogP contribution in [0.5, 0.6) is 0 Å². The van der Waals surface area contributed by atoms with E-state index < -0.39 is 15.9 Å². The van der Waals surface area contributed by atoms with E-state index >= 15 is 0 Å². The van der Waals surface area contributed by atoms with Gasteiger partial charge in [0.2, 0.25) is 0 Å². The van der Waals surface area contributed by atoms with Crippen molar-refractivity contribution in [2.24, 2.45) is 5.73 Å². The molecule has 0 radical (unpaired) electrons. The van der Waals surface area contributed by atoms with E-state index in [1.165, 1.54) is 6.08 Å². The van der Waals surface area contributed by atoms with E-state index in [4.69, 9.17) is 5.73 Å². The van der Waals surface area contributed by atoms with Crippen LogP contribution in [0.15, 0.2) is 35.7 Å². The Morgan fingerprint density at radius 1 is 1.33 bits per heavy atom. The van der Waals surface area contributed by atoms with Crippen molar-refractivity contribution in [2.45, 2.75) is 6.92 Å². The van der Waals surface area contributed by atoms with Gasteiger partial charge in [0.25, 0.3) is 15.9 Å². The summed E-state index contributed by atoms with van der Waals surface area (Å²) in [6.45, 7) is 1.58. The summed E-state index contributed by atoms with van der Waals surface area (Å²) in [4.78, 5) is 11.2. The molecule has 7 nitrogen and oxygen atoms in total. The number of H-pyrrole nitrogens is 1. The minimum absolute atomic E-state index is 0.0558. The first-order chi connectivity index (χ1) is 9.89. The topological polar surface area (TPSA) is 118 Å². The fourth-order valence-corrected chi connectivity index (χ4v) is 2.58. The molecular weight excluding hydrogens is 292 g/mol. The molecule has 0 aliphatic carbocycles. The first-order valence-electron chi connectivity index (χ1n) is 6.00. The second kappa shape index (κ2) is 5.80. The predicted molar refractivity (Wildman–Crippen MR) is 79.9 cm³/mol. The van der Waals surface area contributed by atoms with Crippen molar-refractivity contribution in [3.63, 3.8) is 0 Å². The van der Waals surface area contributed by atoms with Gasteiger partial charge in [-0.15, -0.1) is 0 Å². The first kappa shape index (κ1) is 14.8. The van der Waals surface area contributed by atoms with Gasteiger partial charge >= 0.3 is 0 Å². The Labute approximate surface area is 121 Å². The third-order valence-electron chi connectivity index (χ3n) is 2.66. The maximum absolute atomic E-state index is 12.0. The molecule has 1 aromatic heterocycles. The highest BCUT2D eigenvalue weighted by atomic mass is 32.2. The number of carbonyl (C=O) groups excluding carboxylic acids is 1. The SMILES string of the molecule is Cc1[nH]nc(C(N)=O)c1NS(=O)(=O)/C=C/c1ccccc1. The number of carbonyl (C=O) groups is 1. The second-order valence-electron chi connectivity index (χ2n) is 4.30. The molecule has 0 aliphatic rings. The molecule has 0 unspecified atom stereocenters. The van der Waals surface area contributed by atoms with Crippen molar-refractivity contribution in [2.75, 3.05) is 4.72 Å². The van der Waals surface area contributed by atoms with Crippen LogP contribution in [-0.2, 0) is 10.0 Å². The lowest BCUT2D eigenvalue weighted by Crippen LogP contribution is -2.17. The molecule has 1 aromatic carbocycles. The van der Waals surface area contributed by atoms with Gasteiger partial charge in [-0.2, -0.15) is 5.10 Å². The van der Waals surface area contributed by atoms with Gasteiger partial charge in [0.1, 0.15) is 5.69 Å². The lowest BCUT2D eigenvalue weighted by Gasteiger charge is -2.04. The van der Waals surface area contributed by atoms with Crippen molar-refractivity contribution in [3.05, 3.63) is 52.7 Å². The number of aromatic amines is 1. The average molecular weight is 306 g/mol. The number of anilines is 1. The summed E-state index contributed by atoms with van der Waals surface area (Å²) in [5.74, 6) is -0.816. The third kappa shape index (κ3) is 3.69. The maximum atomic E-state index is 12.0. The van der Waals surface area contributed by atoms with E-state index in [9.17, 15) is 13.2 Å². The fourth-order valence-electron chi connectivity index (χ4n) is 1.64. The number of amides is 1. The van der Waals surface area contributed by atoms with Crippen LogP contribution in [0.25, 0.3) is 6.08 Å². The third-order valence-corrected chi connectivity index (χ3v) is 3.65. The summed E-state index contributed by atoms with van der Waals surface area (Å²) in [6, 6.07) is 8.96. The molecule has 0 fully saturated rings. The average Bonchev–Trinajstić information content (AvgIpc) is 2.79. The summed E-state index contributed by atoms with van der Waals surface area (Å²) in [7, 11) is -3.78. The van der Waals surface area contributed by atoms with Crippen LogP contribution in [0.1, 0.15) is 21.7 Å². The van der Waals surface area contributed by atoms with Gasteiger partial charge in [-0.3, -0.25) is 14.6 Å². The van der Waals surface area contributed by atoms with Crippen molar-refractivity contribution in [1.29, 1.82) is 0 Å². The molecule has 0 aliphatic heterocycles. The number of benzene rings is 1. The number of nitrogens with two attached hydrogens (primary N) is 1. The van der Waals surface area contributed by atoms with E-state index in [0.717, 1.165) is 11.0 Å². The summed E-state index contributed by atoms with van der Waals surface area (Å²) in [5, 5.41) is 7.19. The fraction of sp³-hybridized carbons (Fsp3) is 0.0769. The lowest BCUT2D eigenvalue weighted by molar-refractivity contribution is 0.0996. The number of hydrogen-bond acceptors (Lipinski definition) is 4. The standard InChI is InChI=1S/C13H14N4O3S/c1-9-11(12(13(14)18)16-15-9)17-21(19,20)8-7-10-5-3-2-4-6-10/h2-8,17H,1H3,(H2,14,18)(H,15,16)/b8-7+. The number of aryl methyl sites for hydroxylation is 1. The monoisotopic (exact) mass is 306 g/mol. The van der Waals surface area contributed by atoms with Crippen LogP contribution in [0.4, 0.5) is 5.69 Å². The summed E-state index contributed by atoms with van der Waals surface area (Å²) in [6.07, 6.45) is 1.45. The van der Waals surface area contributed by atoms with Crippen LogP contribution in [0.2, 0.25) is 0 Å². The molecule has 1 heterocycles. The van der Waals surface area contributed by atoms with Gasteiger partial charge in [-0.25, -0.2) is 8.42 Å². The Balaban J connectivity index is 2.24. The highest BCUT2D eigenvalue weighted by Crippen LogP contribution is 2.19. The van der Waals surface area contributed by atoms with Crippen LogP contribution in [0.3, 0.4) is 0 Å². The van der Waals surface area contributed by atoms with Crippen LogP contribution >= 0.6 is 0 Å². The molecule has 21 heavy (non-hydrogen) atoms. The molecular formula is C13H14N4O3S. The zero-order valence-corrected chi connectivity index (χ0v) is 12.0. The Hall–Kier alpha value is -2.61. The number of primary amides is 1. The Bertz CT molecular complexity index is 779. The van der Waals surface area contributed by atoms with Gasteiger partial charge < -0.3 is 5.73 Å². The van der Waals surface area contributed by atoms with Crippen molar-refractivity contribution < 1.29 is 13.2 Å². The largest absolute Gasteiger partial charge is 0.364 e. The molecule has 4 N–H and O–H groups in total. The highest BCUT2D eigenvalue weighted by molar-refractivity contribution is 7.95. The number of nitrogens with zero attached hydrogens (tertiary/aromatic N) is 1. The predicted octanol–water partition coefficient (Wildman–Crippen LogP) is 1.23. The summed E-state index contributed by atoms with van der Waals surface area (Å²) < 4.78 is 26.3. The summed E-state index contributed by atoms with van der Waals surface area (Å²) in [5.41, 5.74) is 6.19. The Kier molecular flexibility index (Phi) is 4.08. The van der Waals surface area contributed by atoms with Gasteiger partial charge in [0, 0.05) is 0 Å². The number of rotatable bonds is 5. The molecule has 0 spiro atoms. The van der Waals surface area contributed by atoms with E-state index in [2.05, 4.69) is 14.9 Å². The second-order valence-corrected chi connectivity index (χ2v) is 5.86. The highest BCUT2D eigenvalue weighted by Gasteiger charge is 2.18. The number of aromatic nitrogens is 2. The van der Waals surface area contributed by atoms with Crippen molar-refractivity contribution in [1.82, 2.24) is 10.2 Å². The number of hydrogen-bond donors (Lipinski definition) is 3. The Morgan fingerprint density at radius 3 is 2.62 bits per heavy atom. The van der Waals surface area contributed by atoms with Crippen LogP contribution < -0.4 is 10.5 Å². The maximum Gasteiger partial charge on any atom is 0.271 e. The normalized spacial score (nSPS) is 11.7. The van der Waals surface area contributed by atoms with E-state index in [0.29, 0.717) is 5.69 Å². The van der Waals surface area contributed by atoms with Gasteiger partial charge in [-0.1, -0.05) is 30.3 Å².